The number of benzene rings is 1. The smallest absolute Gasteiger partial charge is 0.306 e. The van der Waals surface area contributed by atoms with Gasteiger partial charge < -0.3 is 9.67 Å². The Bertz CT molecular complexity index is 662. The molecule has 2 aromatic rings. The molecule has 0 aliphatic heterocycles. The van der Waals surface area contributed by atoms with Crippen molar-refractivity contribution in [1.29, 1.82) is 0 Å². The number of nitrogens with zero attached hydrogens (tertiary/aromatic N) is 2. The summed E-state index contributed by atoms with van der Waals surface area (Å²) in [7, 11) is 2.02. The van der Waals surface area contributed by atoms with Crippen molar-refractivity contribution in [3.63, 3.8) is 0 Å². The summed E-state index contributed by atoms with van der Waals surface area (Å²) in [5.74, 6) is 0.940. The molecule has 4 nitrogen and oxygen atoms in total. The van der Waals surface area contributed by atoms with Crippen molar-refractivity contribution in [2.24, 2.45) is 24.8 Å². The first kappa shape index (κ1) is 14.1. The zero-order chi connectivity index (χ0) is 15.0. The highest BCUT2D eigenvalue weighted by Crippen LogP contribution is 2.36. The third-order valence-electron chi connectivity index (χ3n) is 4.89. The largest absolute Gasteiger partial charge is 0.481 e. The summed E-state index contributed by atoms with van der Waals surface area (Å²) in [6.45, 7) is 2.22. The van der Waals surface area contributed by atoms with E-state index < -0.39 is 5.97 Å². The lowest BCUT2D eigenvalue weighted by atomic mass is 9.73. The summed E-state index contributed by atoms with van der Waals surface area (Å²) in [4.78, 5) is 16.2. The van der Waals surface area contributed by atoms with Crippen LogP contribution in [0.15, 0.2) is 24.3 Å². The van der Waals surface area contributed by atoms with Gasteiger partial charge in [-0.15, -0.1) is 0 Å². The van der Waals surface area contributed by atoms with Crippen molar-refractivity contribution in [2.75, 3.05) is 0 Å². The van der Waals surface area contributed by atoms with Crippen LogP contribution in [0.1, 0.15) is 32.0 Å². The highest BCUT2D eigenvalue weighted by atomic mass is 16.4. The van der Waals surface area contributed by atoms with Crippen LogP contribution in [0.25, 0.3) is 11.0 Å². The fourth-order valence-corrected chi connectivity index (χ4v) is 3.66. The molecule has 0 radical (unpaired) electrons. The molecule has 112 valence electrons. The summed E-state index contributed by atoms with van der Waals surface area (Å²) in [6, 6.07) is 8.07. The SMILES string of the molecule is CC1CCC(C(=O)O)C(Cc2nc3ccccc3n2C)C1. The van der Waals surface area contributed by atoms with Crippen molar-refractivity contribution >= 4 is 17.0 Å². The van der Waals surface area contributed by atoms with Gasteiger partial charge >= 0.3 is 5.97 Å². The zero-order valence-electron chi connectivity index (χ0n) is 12.6. The van der Waals surface area contributed by atoms with Crippen molar-refractivity contribution in [2.45, 2.75) is 32.6 Å². The molecular weight excluding hydrogens is 264 g/mol. The normalized spacial score (nSPS) is 26.1. The first-order chi connectivity index (χ1) is 10.1. The Balaban J connectivity index is 1.88. The van der Waals surface area contributed by atoms with Gasteiger partial charge in [-0.25, -0.2) is 4.98 Å². The van der Waals surface area contributed by atoms with Gasteiger partial charge in [-0.3, -0.25) is 4.79 Å². The number of aryl methyl sites for hydroxylation is 1. The molecule has 3 rings (SSSR count). The van der Waals surface area contributed by atoms with Gasteiger partial charge in [0.15, 0.2) is 0 Å². The van der Waals surface area contributed by atoms with Crippen molar-refractivity contribution in [1.82, 2.24) is 9.55 Å². The number of fused-ring (bicyclic) bond motifs is 1. The molecular formula is C17H22N2O2. The molecule has 1 heterocycles. The molecule has 3 unspecified atom stereocenters. The van der Waals surface area contributed by atoms with Crippen LogP contribution in [-0.2, 0) is 18.3 Å². The standard InChI is InChI=1S/C17H22N2O2/c1-11-7-8-13(17(20)21)12(9-11)10-16-18-14-5-3-4-6-15(14)19(16)2/h3-6,11-13H,7-10H2,1-2H3,(H,20,21). The number of aliphatic carboxylic acids is 1. The van der Waals surface area contributed by atoms with Crippen LogP contribution in [0.2, 0.25) is 0 Å². The molecule has 21 heavy (non-hydrogen) atoms. The maximum atomic E-state index is 11.5. The number of aromatic nitrogens is 2. The maximum Gasteiger partial charge on any atom is 0.306 e. The summed E-state index contributed by atoms with van der Waals surface area (Å²) < 4.78 is 2.10. The van der Waals surface area contributed by atoms with E-state index in [9.17, 15) is 9.90 Å². The van der Waals surface area contributed by atoms with Gasteiger partial charge in [0, 0.05) is 13.5 Å². The molecule has 0 bridgehead atoms. The van der Waals surface area contributed by atoms with E-state index >= 15 is 0 Å². The van der Waals surface area contributed by atoms with Crippen LogP contribution in [0.5, 0.6) is 0 Å². The highest BCUT2D eigenvalue weighted by molar-refractivity contribution is 5.75. The first-order valence-electron chi connectivity index (χ1n) is 7.69. The number of carboxylic acid groups (broad SMARTS) is 1. The van der Waals surface area contributed by atoms with Crippen molar-refractivity contribution in [3.05, 3.63) is 30.1 Å². The number of rotatable bonds is 3. The topological polar surface area (TPSA) is 55.1 Å². The summed E-state index contributed by atoms with van der Waals surface area (Å²) in [6.07, 6.45) is 3.56. The Labute approximate surface area is 124 Å². The Morgan fingerprint density at radius 3 is 2.86 bits per heavy atom. The number of hydrogen-bond acceptors (Lipinski definition) is 2. The van der Waals surface area contributed by atoms with E-state index in [2.05, 4.69) is 17.6 Å². The summed E-state index contributed by atoms with van der Waals surface area (Å²) >= 11 is 0. The minimum Gasteiger partial charge on any atom is -0.481 e. The van der Waals surface area contributed by atoms with E-state index in [0.29, 0.717) is 5.92 Å². The van der Waals surface area contributed by atoms with Crippen LogP contribution in [0.4, 0.5) is 0 Å². The fourth-order valence-electron chi connectivity index (χ4n) is 3.66. The van der Waals surface area contributed by atoms with Crippen LogP contribution >= 0.6 is 0 Å². The minimum absolute atomic E-state index is 0.196. The lowest BCUT2D eigenvalue weighted by Gasteiger charge is -2.32. The molecule has 0 spiro atoms. The third-order valence-corrected chi connectivity index (χ3v) is 4.89. The quantitative estimate of drug-likeness (QED) is 0.942. The summed E-state index contributed by atoms with van der Waals surface area (Å²) in [5.41, 5.74) is 2.11. The lowest BCUT2D eigenvalue weighted by molar-refractivity contribution is -0.145. The van der Waals surface area contributed by atoms with Gasteiger partial charge in [-0.05, 0) is 43.2 Å². The van der Waals surface area contributed by atoms with Crippen LogP contribution < -0.4 is 0 Å². The fraction of sp³-hybridized carbons (Fsp3) is 0.529. The van der Waals surface area contributed by atoms with Gasteiger partial charge in [0.25, 0.3) is 0 Å². The van der Waals surface area contributed by atoms with Gasteiger partial charge in [-0.1, -0.05) is 19.1 Å². The van der Waals surface area contributed by atoms with E-state index in [-0.39, 0.29) is 11.8 Å². The van der Waals surface area contributed by atoms with Gasteiger partial charge in [-0.2, -0.15) is 0 Å². The second kappa shape index (κ2) is 5.51. The summed E-state index contributed by atoms with van der Waals surface area (Å²) in [5, 5.41) is 9.45. The van der Waals surface area contributed by atoms with E-state index in [1.807, 2.05) is 25.2 Å². The zero-order valence-corrected chi connectivity index (χ0v) is 12.6. The Morgan fingerprint density at radius 1 is 1.38 bits per heavy atom. The second-order valence-electron chi connectivity index (χ2n) is 6.40. The van der Waals surface area contributed by atoms with E-state index in [1.54, 1.807) is 0 Å². The molecule has 1 aliphatic carbocycles. The minimum atomic E-state index is -0.648. The molecule has 1 aliphatic rings. The Kier molecular flexibility index (Phi) is 3.70. The average molecular weight is 286 g/mol. The number of imidazole rings is 1. The maximum absolute atomic E-state index is 11.5. The van der Waals surface area contributed by atoms with Gasteiger partial charge in [0.2, 0.25) is 0 Å². The van der Waals surface area contributed by atoms with Crippen molar-refractivity contribution in [3.8, 4) is 0 Å². The van der Waals surface area contributed by atoms with E-state index in [0.717, 1.165) is 42.5 Å². The van der Waals surface area contributed by atoms with Gasteiger partial charge in [0.05, 0.1) is 17.0 Å². The third kappa shape index (κ3) is 2.67. The van der Waals surface area contributed by atoms with Crippen molar-refractivity contribution < 1.29 is 9.90 Å². The first-order valence-corrected chi connectivity index (χ1v) is 7.69. The monoisotopic (exact) mass is 286 g/mol. The average Bonchev–Trinajstić information content (AvgIpc) is 2.76. The van der Waals surface area contributed by atoms with E-state index in [1.165, 1.54) is 0 Å². The van der Waals surface area contributed by atoms with Crippen LogP contribution in [-0.4, -0.2) is 20.6 Å². The van der Waals surface area contributed by atoms with Crippen LogP contribution in [0, 0.1) is 17.8 Å². The number of hydrogen-bond donors (Lipinski definition) is 1. The van der Waals surface area contributed by atoms with E-state index in [4.69, 9.17) is 4.98 Å². The molecule has 1 fully saturated rings. The Hall–Kier alpha value is -1.84. The number of para-hydroxylation sites is 2. The molecule has 4 heteroatoms. The predicted octanol–water partition coefficient (Wildman–Crippen LogP) is 3.25. The van der Waals surface area contributed by atoms with Gasteiger partial charge in [0.1, 0.15) is 5.82 Å². The number of carboxylic acids is 1. The highest BCUT2D eigenvalue weighted by Gasteiger charge is 2.34. The molecule has 0 amide bonds. The Morgan fingerprint density at radius 2 is 2.14 bits per heavy atom. The second-order valence-corrected chi connectivity index (χ2v) is 6.40. The van der Waals surface area contributed by atoms with Crippen LogP contribution in [0.3, 0.4) is 0 Å². The predicted molar refractivity (Wildman–Crippen MR) is 82.0 cm³/mol. The molecule has 1 N–H and O–H groups in total. The number of carbonyl (C=O) groups is 1. The lowest BCUT2D eigenvalue weighted by Crippen LogP contribution is -2.31. The molecule has 3 atom stereocenters. The molecule has 1 aromatic carbocycles. The molecule has 0 saturated heterocycles. The molecule has 1 saturated carbocycles. The molecule has 1 aromatic heterocycles.